The second-order valence-electron chi connectivity index (χ2n) is 5.87. The molecule has 2 aromatic heterocycles. The summed E-state index contributed by atoms with van der Waals surface area (Å²) in [5.41, 5.74) is 2.75. The van der Waals surface area contributed by atoms with Crippen molar-refractivity contribution in [1.29, 1.82) is 0 Å². The molecule has 0 aliphatic rings. The van der Waals surface area contributed by atoms with Crippen LogP contribution in [-0.2, 0) is 20.2 Å². The molecular weight excluding hydrogens is 356 g/mol. The Hall–Kier alpha value is -2.80. The van der Waals surface area contributed by atoms with E-state index in [4.69, 9.17) is 20.9 Å². The molecule has 3 rings (SSSR count). The number of rotatable bonds is 6. The molecule has 0 bridgehead atoms. The largest absolute Gasteiger partial charge is 0.489 e. The minimum absolute atomic E-state index is 0.157. The van der Waals surface area contributed by atoms with Crippen LogP contribution in [-0.4, -0.2) is 20.8 Å². The number of benzene rings is 1. The zero-order valence-corrected chi connectivity index (χ0v) is 15.5. The van der Waals surface area contributed by atoms with Gasteiger partial charge in [0, 0.05) is 29.9 Å². The van der Waals surface area contributed by atoms with Gasteiger partial charge in [0.05, 0.1) is 11.8 Å². The lowest BCUT2D eigenvalue weighted by molar-refractivity contribution is 0.0939. The third kappa shape index (κ3) is 3.88. The number of halogens is 1. The highest BCUT2D eigenvalue weighted by atomic mass is 35.5. The Balaban J connectivity index is 1.68. The number of hydrogen-bond donors (Lipinski definition) is 1. The summed E-state index contributed by atoms with van der Waals surface area (Å²) < 4.78 is 12.6. The fourth-order valence-corrected chi connectivity index (χ4v) is 2.61. The van der Waals surface area contributed by atoms with Gasteiger partial charge in [0.25, 0.3) is 5.91 Å². The molecular formula is C18H19ClN4O3. The van der Waals surface area contributed by atoms with Gasteiger partial charge < -0.3 is 14.6 Å². The molecule has 2 heterocycles. The number of carbonyl (C=O) groups is 1. The van der Waals surface area contributed by atoms with Crippen molar-refractivity contribution >= 4 is 17.5 Å². The summed E-state index contributed by atoms with van der Waals surface area (Å²) in [7, 11) is 1.85. The Morgan fingerprint density at radius 1 is 1.38 bits per heavy atom. The van der Waals surface area contributed by atoms with Crippen LogP contribution < -0.4 is 10.1 Å². The van der Waals surface area contributed by atoms with E-state index in [9.17, 15) is 4.79 Å². The van der Waals surface area contributed by atoms with Crippen LogP contribution in [0, 0.1) is 13.8 Å². The van der Waals surface area contributed by atoms with E-state index in [0.717, 1.165) is 11.3 Å². The maximum absolute atomic E-state index is 12.5. The average molecular weight is 375 g/mol. The Morgan fingerprint density at radius 3 is 2.88 bits per heavy atom. The van der Waals surface area contributed by atoms with Crippen LogP contribution in [0.25, 0.3) is 0 Å². The lowest BCUT2D eigenvalue weighted by Crippen LogP contribution is -2.24. The fraction of sp³-hybridized carbons (Fsp3) is 0.278. The molecule has 0 aliphatic heterocycles. The summed E-state index contributed by atoms with van der Waals surface area (Å²) in [6.45, 7) is 4.20. The van der Waals surface area contributed by atoms with Crippen LogP contribution >= 0.6 is 11.6 Å². The van der Waals surface area contributed by atoms with Crippen molar-refractivity contribution < 1.29 is 14.1 Å². The zero-order chi connectivity index (χ0) is 18.7. The van der Waals surface area contributed by atoms with E-state index < -0.39 is 0 Å². The standard InChI is InChI=1S/C18H19ClN4O3/c1-11-13(9-21-23(11)3)8-20-18(24)17-16(12(2)26-22-17)10-25-15-6-4-5-14(19)7-15/h4-7,9H,8,10H2,1-3H3,(H,20,24). The van der Waals surface area contributed by atoms with Gasteiger partial charge in [-0.3, -0.25) is 9.48 Å². The molecule has 0 radical (unpaired) electrons. The normalized spacial score (nSPS) is 10.8. The second-order valence-corrected chi connectivity index (χ2v) is 6.31. The number of aryl methyl sites for hydroxylation is 2. The summed E-state index contributed by atoms with van der Waals surface area (Å²) in [5.74, 6) is 0.819. The van der Waals surface area contributed by atoms with Crippen LogP contribution in [0.3, 0.4) is 0 Å². The Morgan fingerprint density at radius 2 is 2.19 bits per heavy atom. The quantitative estimate of drug-likeness (QED) is 0.716. The predicted molar refractivity (Wildman–Crippen MR) is 96.1 cm³/mol. The van der Waals surface area contributed by atoms with E-state index in [2.05, 4.69) is 15.6 Å². The summed E-state index contributed by atoms with van der Waals surface area (Å²) in [5, 5.41) is 11.4. The number of hydrogen-bond acceptors (Lipinski definition) is 5. The maximum Gasteiger partial charge on any atom is 0.274 e. The molecule has 8 heteroatoms. The topological polar surface area (TPSA) is 82.2 Å². The van der Waals surface area contributed by atoms with Gasteiger partial charge in [-0.1, -0.05) is 22.8 Å². The van der Waals surface area contributed by atoms with Crippen molar-refractivity contribution in [3.05, 3.63) is 63.8 Å². The monoisotopic (exact) mass is 374 g/mol. The Kier molecular flexibility index (Phi) is 5.27. The highest BCUT2D eigenvalue weighted by Crippen LogP contribution is 2.21. The van der Waals surface area contributed by atoms with Gasteiger partial charge in [0.2, 0.25) is 0 Å². The molecule has 26 heavy (non-hydrogen) atoms. The maximum atomic E-state index is 12.5. The number of amides is 1. The van der Waals surface area contributed by atoms with Crippen molar-refractivity contribution in [2.75, 3.05) is 0 Å². The summed E-state index contributed by atoms with van der Waals surface area (Å²) >= 11 is 5.95. The first-order chi connectivity index (χ1) is 12.5. The molecule has 136 valence electrons. The van der Waals surface area contributed by atoms with Crippen molar-refractivity contribution in [1.82, 2.24) is 20.3 Å². The Bertz CT molecular complexity index is 932. The van der Waals surface area contributed by atoms with Crippen LogP contribution in [0.1, 0.15) is 33.1 Å². The SMILES string of the molecule is Cc1onc(C(=O)NCc2cnn(C)c2C)c1COc1cccc(Cl)c1. The first-order valence-electron chi connectivity index (χ1n) is 8.05. The Labute approximate surface area is 155 Å². The lowest BCUT2D eigenvalue weighted by atomic mass is 10.2. The van der Waals surface area contributed by atoms with Crippen molar-refractivity contribution in [3.8, 4) is 5.75 Å². The molecule has 0 aliphatic carbocycles. The molecule has 0 saturated carbocycles. The third-order valence-electron chi connectivity index (χ3n) is 4.16. The molecule has 0 saturated heterocycles. The van der Waals surface area contributed by atoms with Gasteiger partial charge >= 0.3 is 0 Å². The smallest absolute Gasteiger partial charge is 0.274 e. The third-order valence-corrected chi connectivity index (χ3v) is 4.39. The number of carbonyl (C=O) groups excluding carboxylic acids is 1. The second kappa shape index (κ2) is 7.61. The van der Waals surface area contributed by atoms with Crippen LogP contribution in [0.4, 0.5) is 0 Å². The van der Waals surface area contributed by atoms with E-state index in [1.807, 2.05) is 14.0 Å². The van der Waals surface area contributed by atoms with Gasteiger partial charge in [-0.05, 0) is 32.0 Å². The average Bonchev–Trinajstić information content (AvgIpc) is 3.14. The van der Waals surface area contributed by atoms with E-state index in [-0.39, 0.29) is 18.2 Å². The van der Waals surface area contributed by atoms with Crippen LogP contribution in [0.5, 0.6) is 5.75 Å². The molecule has 0 spiro atoms. The lowest BCUT2D eigenvalue weighted by Gasteiger charge is -2.07. The van der Waals surface area contributed by atoms with Gasteiger partial charge in [-0.25, -0.2) is 0 Å². The highest BCUT2D eigenvalue weighted by Gasteiger charge is 2.20. The predicted octanol–water partition coefficient (Wildman–Crippen LogP) is 3.19. The minimum atomic E-state index is -0.324. The molecule has 7 nitrogen and oxygen atoms in total. The number of nitrogens with one attached hydrogen (secondary N) is 1. The molecule has 1 N–H and O–H groups in total. The van der Waals surface area contributed by atoms with E-state index >= 15 is 0 Å². The summed E-state index contributed by atoms with van der Waals surface area (Å²) in [4.78, 5) is 12.5. The molecule has 0 fully saturated rings. The van der Waals surface area contributed by atoms with Crippen LogP contribution in [0.15, 0.2) is 35.0 Å². The van der Waals surface area contributed by atoms with Gasteiger partial charge in [-0.15, -0.1) is 0 Å². The number of ether oxygens (including phenoxy) is 1. The molecule has 0 atom stereocenters. The van der Waals surface area contributed by atoms with Crippen molar-refractivity contribution in [2.45, 2.75) is 27.0 Å². The molecule has 1 amide bonds. The fourth-order valence-electron chi connectivity index (χ4n) is 2.43. The van der Waals surface area contributed by atoms with Crippen molar-refractivity contribution in [2.24, 2.45) is 7.05 Å². The zero-order valence-electron chi connectivity index (χ0n) is 14.7. The number of nitrogens with zero attached hydrogens (tertiary/aromatic N) is 3. The number of aromatic nitrogens is 3. The molecule has 0 unspecified atom stereocenters. The first-order valence-corrected chi connectivity index (χ1v) is 8.42. The van der Waals surface area contributed by atoms with Gasteiger partial charge in [-0.2, -0.15) is 5.10 Å². The summed E-state index contributed by atoms with van der Waals surface area (Å²) in [6, 6.07) is 7.05. The molecule has 3 aromatic rings. The molecule has 1 aromatic carbocycles. The first kappa shape index (κ1) is 18.0. The summed E-state index contributed by atoms with van der Waals surface area (Å²) in [6.07, 6.45) is 1.73. The van der Waals surface area contributed by atoms with E-state index in [1.54, 1.807) is 42.1 Å². The van der Waals surface area contributed by atoms with E-state index in [1.165, 1.54) is 0 Å². The van der Waals surface area contributed by atoms with Gasteiger partial charge in [0.1, 0.15) is 18.1 Å². The van der Waals surface area contributed by atoms with Crippen molar-refractivity contribution in [3.63, 3.8) is 0 Å². The van der Waals surface area contributed by atoms with Gasteiger partial charge in [0.15, 0.2) is 5.69 Å². The van der Waals surface area contributed by atoms with Crippen LogP contribution in [0.2, 0.25) is 5.02 Å². The highest BCUT2D eigenvalue weighted by molar-refractivity contribution is 6.30. The van der Waals surface area contributed by atoms with E-state index in [0.29, 0.717) is 28.6 Å². The minimum Gasteiger partial charge on any atom is -0.489 e.